The van der Waals surface area contributed by atoms with Crippen LogP contribution in [-0.2, 0) is 11.3 Å². The maximum atomic E-state index is 13.5. The second-order valence-corrected chi connectivity index (χ2v) is 6.74. The number of nitrogens with one attached hydrogen (secondary N) is 1. The Bertz CT molecular complexity index is 741. The van der Waals surface area contributed by atoms with Crippen LogP contribution in [-0.4, -0.2) is 36.5 Å². The van der Waals surface area contributed by atoms with Crippen LogP contribution in [0.5, 0.6) is 0 Å². The number of nitrogens with two attached hydrogens (primary N) is 1. The van der Waals surface area contributed by atoms with E-state index in [2.05, 4.69) is 22.3 Å². The lowest BCUT2D eigenvalue weighted by Crippen LogP contribution is -2.37. The molecule has 1 saturated heterocycles. The maximum Gasteiger partial charge on any atom is 0.234 e. The van der Waals surface area contributed by atoms with E-state index in [4.69, 9.17) is 5.73 Å². The third-order valence-corrected chi connectivity index (χ3v) is 4.76. The number of nitrogens with zero attached hydrogens (tertiary/aromatic N) is 1. The number of hydrogen-bond donors (Lipinski definition) is 2. The Morgan fingerprint density at radius 2 is 1.96 bits per heavy atom. The summed E-state index contributed by atoms with van der Waals surface area (Å²) in [6.45, 7) is 3.84. The summed E-state index contributed by atoms with van der Waals surface area (Å²) < 4.78 is 13.5. The smallest absolute Gasteiger partial charge is 0.234 e. The van der Waals surface area contributed by atoms with Crippen LogP contribution in [0.25, 0.3) is 0 Å². The molecule has 0 bridgehead atoms. The predicted molar refractivity (Wildman–Crippen MR) is 104 cm³/mol. The molecule has 2 aromatic carbocycles. The highest BCUT2D eigenvalue weighted by atomic mass is 35.5. The summed E-state index contributed by atoms with van der Waals surface area (Å²) >= 11 is 0. The van der Waals surface area contributed by atoms with Gasteiger partial charge in [-0.05, 0) is 29.7 Å². The van der Waals surface area contributed by atoms with E-state index in [9.17, 15) is 9.18 Å². The van der Waals surface area contributed by atoms with E-state index < -0.39 is 0 Å². The lowest BCUT2D eigenvalue weighted by molar-refractivity contribution is -0.122. The third-order valence-electron chi connectivity index (χ3n) is 4.76. The molecular formula is C20H25ClFN3O. The molecule has 0 saturated carbocycles. The van der Waals surface area contributed by atoms with Gasteiger partial charge in [-0.25, -0.2) is 4.39 Å². The minimum atomic E-state index is -0.247. The number of benzene rings is 2. The van der Waals surface area contributed by atoms with E-state index in [0.717, 1.165) is 12.1 Å². The van der Waals surface area contributed by atoms with Crippen molar-refractivity contribution in [2.45, 2.75) is 25.4 Å². The summed E-state index contributed by atoms with van der Waals surface area (Å²) in [4.78, 5) is 14.3. The van der Waals surface area contributed by atoms with Gasteiger partial charge < -0.3 is 11.1 Å². The summed E-state index contributed by atoms with van der Waals surface area (Å²) in [6, 6.07) is 15.2. The van der Waals surface area contributed by atoms with Gasteiger partial charge >= 0.3 is 0 Å². The van der Waals surface area contributed by atoms with Crippen LogP contribution in [0.2, 0.25) is 0 Å². The lowest BCUT2D eigenvalue weighted by atomic mass is 9.95. The van der Waals surface area contributed by atoms with Gasteiger partial charge in [0.25, 0.3) is 0 Å². The first-order chi connectivity index (χ1) is 12.0. The SMILES string of the molecule is Cc1ccc(CNC(=O)CN2C[C@@H](N)[C@H](c3ccccc3)C2)cc1F.Cl. The molecule has 3 N–H and O–H groups in total. The summed E-state index contributed by atoms with van der Waals surface area (Å²) in [7, 11) is 0. The molecule has 6 heteroatoms. The molecule has 2 atom stereocenters. The van der Waals surface area contributed by atoms with Gasteiger partial charge in [-0.3, -0.25) is 9.69 Å². The Morgan fingerprint density at radius 1 is 1.23 bits per heavy atom. The van der Waals surface area contributed by atoms with Crippen LogP contribution in [0.15, 0.2) is 48.5 Å². The van der Waals surface area contributed by atoms with Gasteiger partial charge in [-0.2, -0.15) is 0 Å². The molecule has 140 valence electrons. The second-order valence-electron chi connectivity index (χ2n) is 6.74. The van der Waals surface area contributed by atoms with Gasteiger partial charge in [0.1, 0.15) is 5.82 Å². The molecular weight excluding hydrogens is 353 g/mol. The Morgan fingerprint density at radius 3 is 2.65 bits per heavy atom. The number of carbonyl (C=O) groups is 1. The van der Waals surface area contributed by atoms with Crippen LogP contribution < -0.4 is 11.1 Å². The molecule has 0 unspecified atom stereocenters. The zero-order valence-corrected chi connectivity index (χ0v) is 15.6. The Balaban J connectivity index is 0.00000243. The van der Waals surface area contributed by atoms with Crippen LogP contribution in [0.1, 0.15) is 22.6 Å². The van der Waals surface area contributed by atoms with Gasteiger partial charge in [-0.1, -0.05) is 42.5 Å². The number of halogens is 2. The summed E-state index contributed by atoms with van der Waals surface area (Å²) in [6.07, 6.45) is 0. The molecule has 0 radical (unpaired) electrons. The number of rotatable bonds is 5. The van der Waals surface area contributed by atoms with E-state index in [1.54, 1.807) is 13.0 Å². The largest absolute Gasteiger partial charge is 0.351 e. The highest BCUT2D eigenvalue weighted by Gasteiger charge is 2.31. The van der Waals surface area contributed by atoms with Crippen molar-refractivity contribution in [2.75, 3.05) is 19.6 Å². The van der Waals surface area contributed by atoms with E-state index in [-0.39, 0.29) is 36.1 Å². The molecule has 2 aromatic rings. The molecule has 0 aromatic heterocycles. The van der Waals surface area contributed by atoms with Crippen molar-refractivity contribution >= 4 is 18.3 Å². The van der Waals surface area contributed by atoms with Gasteiger partial charge in [0, 0.05) is 31.6 Å². The molecule has 1 aliphatic rings. The number of likely N-dealkylation sites (tertiary alicyclic amines) is 1. The quantitative estimate of drug-likeness (QED) is 0.842. The van der Waals surface area contributed by atoms with Gasteiger partial charge in [-0.15, -0.1) is 12.4 Å². The van der Waals surface area contributed by atoms with E-state index >= 15 is 0 Å². The Labute approximate surface area is 160 Å². The maximum absolute atomic E-state index is 13.5. The zero-order chi connectivity index (χ0) is 17.8. The molecule has 1 amide bonds. The molecule has 26 heavy (non-hydrogen) atoms. The first-order valence-corrected chi connectivity index (χ1v) is 8.57. The number of hydrogen-bond acceptors (Lipinski definition) is 3. The fourth-order valence-corrected chi connectivity index (χ4v) is 3.30. The number of carbonyl (C=O) groups excluding carboxylic acids is 1. The standard InChI is InChI=1S/C20H24FN3O.ClH/c1-14-7-8-15(9-18(14)21)10-23-20(25)13-24-11-17(19(22)12-24)16-5-3-2-4-6-16;/h2-9,17,19H,10-13,22H2,1H3,(H,23,25);1H/t17-,19+;/m0./s1. The Kier molecular flexibility index (Phi) is 7.14. The van der Waals surface area contributed by atoms with Crippen molar-refractivity contribution in [1.82, 2.24) is 10.2 Å². The van der Waals surface area contributed by atoms with Gasteiger partial charge in [0.05, 0.1) is 6.54 Å². The fourth-order valence-electron chi connectivity index (χ4n) is 3.30. The Hall–Kier alpha value is -1.95. The number of aryl methyl sites for hydroxylation is 1. The van der Waals surface area contributed by atoms with Crippen LogP contribution in [0.3, 0.4) is 0 Å². The molecule has 3 rings (SSSR count). The number of amides is 1. The van der Waals surface area contributed by atoms with E-state index in [0.29, 0.717) is 25.2 Å². The molecule has 4 nitrogen and oxygen atoms in total. The highest BCUT2D eigenvalue weighted by molar-refractivity contribution is 5.85. The van der Waals surface area contributed by atoms with Gasteiger partial charge in [0.2, 0.25) is 5.91 Å². The first-order valence-electron chi connectivity index (χ1n) is 8.57. The topological polar surface area (TPSA) is 58.4 Å². The molecule has 1 fully saturated rings. The third kappa shape index (κ3) is 5.04. The lowest BCUT2D eigenvalue weighted by Gasteiger charge is -2.16. The second kappa shape index (κ2) is 9.12. The predicted octanol–water partition coefficient (Wildman–Crippen LogP) is 2.60. The first kappa shape index (κ1) is 20.4. The monoisotopic (exact) mass is 377 g/mol. The van der Waals surface area contributed by atoms with Gasteiger partial charge in [0.15, 0.2) is 0 Å². The summed E-state index contributed by atoms with van der Waals surface area (Å²) in [5.74, 6) is -0.0648. The molecule has 0 spiro atoms. The molecule has 1 aliphatic heterocycles. The highest BCUT2D eigenvalue weighted by Crippen LogP contribution is 2.25. The normalized spacial score (nSPS) is 19.8. The van der Waals surface area contributed by atoms with Crippen molar-refractivity contribution < 1.29 is 9.18 Å². The van der Waals surface area contributed by atoms with Crippen molar-refractivity contribution in [3.8, 4) is 0 Å². The van der Waals surface area contributed by atoms with Crippen LogP contribution >= 0.6 is 12.4 Å². The average molecular weight is 378 g/mol. The van der Waals surface area contributed by atoms with Crippen molar-refractivity contribution in [3.05, 3.63) is 71.0 Å². The molecule has 1 heterocycles. The minimum Gasteiger partial charge on any atom is -0.351 e. The fraction of sp³-hybridized carbons (Fsp3) is 0.350. The zero-order valence-electron chi connectivity index (χ0n) is 14.8. The van der Waals surface area contributed by atoms with Crippen molar-refractivity contribution in [2.24, 2.45) is 5.73 Å². The summed E-state index contributed by atoms with van der Waals surface area (Å²) in [5.41, 5.74) is 8.84. The minimum absolute atomic E-state index is 0. The van der Waals surface area contributed by atoms with Crippen LogP contribution in [0, 0.1) is 12.7 Å². The van der Waals surface area contributed by atoms with E-state index in [1.165, 1.54) is 11.6 Å². The molecule has 0 aliphatic carbocycles. The van der Waals surface area contributed by atoms with Crippen molar-refractivity contribution in [1.29, 1.82) is 0 Å². The summed E-state index contributed by atoms with van der Waals surface area (Å²) in [5, 5.41) is 2.85. The average Bonchev–Trinajstić information content (AvgIpc) is 2.97. The van der Waals surface area contributed by atoms with E-state index in [1.807, 2.05) is 24.3 Å². The van der Waals surface area contributed by atoms with Crippen molar-refractivity contribution in [3.63, 3.8) is 0 Å². The van der Waals surface area contributed by atoms with Crippen LogP contribution in [0.4, 0.5) is 4.39 Å².